The van der Waals surface area contributed by atoms with Crippen LogP contribution in [0.1, 0.15) is 50.8 Å². The Morgan fingerprint density at radius 1 is 1.04 bits per heavy atom. The van der Waals surface area contributed by atoms with Crippen LogP contribution in [-0.4, -0.2) is 19.1 Å². The molecule has 0 aliphatic heterocycles. The second kappa shape index (κ2) is 9.96. The van der Waals surface area contributed by atoms with Crippen molar-refractivity contribution in [2.24, 2.45) is 0 Å². The maximum atomic E-state index is 11.9. The molecule has 0 heterocycles. The summed E-state index contributed by atoms with van der Waals surface area (Å²) in [6.45, 7) is 9.66. The van der Waals surface area contributed by atoms with Crippen molar-refractivity contribution in [2.75, 3.05) is 13.2 Å². The highest BCUT2D eigenvalue weighted by atomic mass is 16.5. The zero-order valence-electron chi connectivity index (χ0n) is 16.9. The van der Waals surface area contributed by atoms with Gasteiger partial charge in [-0.2, -0.15) is 0 Å². The molecule has 1 N–H and O–H groups in total. The monoisotopic (exact) mass is 365 g/mol. The molecule has 3 heteroatoms. The van der Waals surface area contributed by atoms with Crippen molar-refractivity contribution < 1.29 is 9.53 Å². The molecule has 3 nitrogen and oxygen atoms in total. The first-order valence-corrected chi connectivity index (χ1v) is 9.66. The van der Waals surface area contributed by atoms with Gasteiger partial charge in [0, 0.05) is 6.08 Å². The lowest BCUT2D eigenvalue weighted by atomic mass is 9.87. The van der Waals surface area contributed by atoms with Crippen LogP contribution in [0.5, 0.6) is 5.75 Å². The zero-order valence-corrected chi connectivity index (χ0v) is 16.9. The van der Waals surface area contributed by atoms with E-state index in [1.54, 1.807) is 6.08 Å². The first kappa shape index (κ1) is 20.8. The highest BCUT2D eigenvalue weighted by molar-refractivity contribution is 5.91. The molecule has 0 fully saturated rings. The van der Waals surface area contributed by atoms with E-state index >= 15 is 0 Å². The third kappa shape index (κ3) is 7.30. The molecule has 0 unspecified atom stereocenters. The van der Waals surface area contributed by atoms with Crippen LogP contribution in [-0.2, 0) is 16.6 Å². The minimum Gasteiger partial charge on any atom is -0.492 e. The Hall–Kier alpha value is -2.55. The number of carbonyl (C=O) groups is 1. The Morgan fingerprint density at radius 3 is 2.30 bits per heavy atom. The van der Waals surface area contributed by atoms with Gasteiger partial charge in [-0.25, -0.2) is 0 Å². The summed E-state index contributed by atoms with van der Waals surface area (Å²) in [5.41, 5.74) is 3.75. The first-order valence-electron chi connectivity index (χ1n) is 9.66. The van der Waals surface area contributed by atoms with Crippen molar-refractivity contribution in [3.63, 3.8) is 0 Å². The lowest BCUT2D eigenvalue weighted by molar-refractivity contribution is -0.116. The van der Waals surface area contributed by atoms with E-state index in [0.717, 1.165) is 24.2 Å². The number of benzene rings is 2. The fourth-order valence-corrected chi connectivity index (χ4v) is 2.71. The van der Waals surface area contributed by atoms with E-state index in [9.17, 15) is 4.79 Å². The summed E-state index contributed by atoms with van der Waals surface area (Å²) >= 11 is 0. The smallest absolute Gasteiger partial charge is 0.244 e. The van der Waals surface area contributed by atoms with Crippen LogP contribution < -0.4 is 10.1 Å². The summed E-state index contributed by atoms with van der Waals surface area (Å²) in [4.78, 5) is 11.9. The summed E-state index contributed by atoms with van der Waals surface area (Å²) in [6.07, 6.45) is 5.61. The van der Waals surface area contributed by atoms with Gasteiger partial charge in [-0.15, -0.1) is 0 Å². The molecule has 0 aromatic heterocycles. The largest absolute Gasteiger partial charge is 0.492 e. The molecule has 27 heavy (non-hydrogen) atoms. The minimum atomic E-state index is -0.114. The van der Waals surface area contributed by atoms with Crippen LogP contribution in [0.4, 0.5) is 0 Å². The zero-order chi connectivity index (χ0) is 19.7. The van der Waals surface area contributed by atoms with E-state index < -0.39 is 0 Å². The average Bonchev–Trinajstić information content (AvgIpc) is 2.65. The molecule has 1 amide bonds. The van der Waals surface area contributed by atoms with Crippen LogP contribution in [0.3, 0.4) is 0 Å². The van der Waals surface area contributed by atoms with Gasteiger partial charge >= 0.3 is 0 Å². The Morgan fingerprint density at radius 2 is 1.70 bits per heavy atom. The fraction of sp³-hybridized carbons (Fsp3) is 0.375. The number of nitrogens with one attached hydrogen (secondary N) is 1. The first-order chi connectivity index (χ1) is 12.9. The number of aryl methyl sites for hydroxylation is 1. The van der Waals surface area contributed by atoms with Gasteiger partial charge in [-0.1, -0.05) is 70.5 Å². The number of carbonyl (C=O) groups excluding carboxylic acids is 1. The highest BCUT2D eigenvalue weighted by Gasteiger charge is 2.12. The molecule has 2 aromatic carbocycles. The van der Waals surface area contributed by atoms with Crippen molar-refractivity contribution in [3.05, 3.63) is 71.3 Å². The second-order valence-electron chi connectivity index (χ2n) is 7.74. The van der Waals surface area contributed by atoms with Crippen LogP contribution in [0.2, 0.25) is 0 Å². The van der Waals surface area contributed by atoms with Gasteiger partial charge in [0.05, 0.1) is 6.54 Å². The normalized spacial score (nSPS) is 11.6. The van der Waals surface area contributed by atoms with Gasteiger partial charge in [0.1, 0.15) is 12.4 Å². The molecular weight excluding hydrogens is 334 g/mol. The molecular formula is C24H31NO2. The number of hydrogen-bond donors (Lipinski definition) is 1. The van der Waals surface area contributed by atoms with E-state index in [1.165, 1.54) is 11.1 Å². The number of hydrogen-bond acceptors (Lipinski definition) is 2. The van der Waals surface area contributed by atoms with Gasteiger partial charge in [0.2, 0.25) is 5.91 Å². The Kier molecular flexibility index (Phi) is 7.66. The summed E-state index contributed by atoms with van der Waals surface area (Å²) in [6, 6.07) is 16.4. The standard InChI is InChI=1S/C24H31NO2/c1-5-6-19-9-14-22(15-10-19)27-18-17-25-23(26)16-11-20-7-12-21(13-8-20)24(2,3)4/h7-16H,5-6,17-18H2,1-4H3,(H,25,26)/b16-11+. The fourth-order valence-electron chi connectivity index (χ4n) is 2.71. The quantitative estimate of drug-likeness (QED) is 0.519. The number of amides is 1. The number of rotatable bonds is 8. The van der Waals surface area contributed by atoms with Gasteiger partial charge < -0.3 is 10.1 Å². The molecule has 144 valence electrons. The van der Waals surface area contributed by atoms with Crippen LogP contribution in [0.25, 0.3) is 6.08 Å². The molecule has 0 spiro atoms. The van der Waals surface area contributed by atoms with Gasteiger partial charge in [0.15, 0.2) is 0 Å². The van der Waals surface area contributed by atoms with E-state index in [0.29, 0.717) is 13.2 Å². The Balaban J connectivity index is 1.72. The topological polar surface area (TPSA) is 38.3 Å². The molecule has 0 aliphatic rings. The molecule has 2 aromatic rings. The summed E-state index contributed by atoms with van der Waals surface area (Å²) < 4.78 is 5.66. The maximum Gasteiger partial charge on any atom is 0.244 e. The SMILES string of the molecule is CCCc1ccc(OCCNC(=O)/C=C/c2ccc(C(C)(C)C)cc2)cc1. The molecule has 0 atom stereocenters. The summed E-state index contributed by atoms with van der Waals surface area (Å²) in [5, 5.41) is 2.84. The summed E-state index contributed by atoms with van der Waals surface area (Å²) in [7, 11) is 0. The van der Waals surface area contributed by atoms with Crippen molar-refractivity contribution >= 4 is 12.0 Å². The third-order valence-electron chi connectivity index (χ3n) is 4.34. The molecule has 0 saturated carbocycles. The lowest BCUT2D eigenvalue weighted by Crippen LogP contribution is -2.26. The van der Waals surface area contributed by atoms with E-state index in [-0.39, 0.29) is 11.3 Å². The third-order valence-corrected chi connectivity index (χ3v) is 4.34. The minimum absolute atomic E-state index is 0.114. The van der Waals surface area contributed by atoms with Crippen LogP contribution >= 0.6 is 0 Å². The Bertz CT molecular complexity index is 737. The summed E-state index contributed by atoms with van der Waals surface area (Å²) in [5.74, 6) is 0.718. The van der Waals surface area contributed by atoms with E-state index in [4.69, 9.17) is 4.74 Å². The molecule has 0 aliphatic carbocycles. The van der Waals surface area contributed by atoms with Crippen LogP contribution in [0, 0.1) is 0 Å². The molecule has 2 rings (SSSR count). The van der Waals surface area contributed by atoms with Crippen LogP contribution in [0.15, 0.2) is 54.6 Å². The number of ether oxygens (including phenoxy) is 1. The van der Waals surface area contributed by atoms with Gasteiger partial charge in [-0.05, 0) is 46.7 Å². The van der Waals surface area contributed by atoms with E-state index in [2.05, 4.69) is 57.3 Å². The molecule has 0 radical (unpaired) electrons. The van der Waals surface area contributed by atoms with E-state index in [1.807, 2.05) is 30.3 Å². The molecule has 0 saturated heterocycles. The average molecular weight is 366 g/mol. The predicted molar refractivity (Wildman–Crippen MR) is 113 cm³/mol. The maximum absolute atomic E-state index is 11.9. The highest BCUT2D eigenvalue weighted by Crippen LogP contribution is 2.22. The second-order valence-corrected chi connectivity index (χ2v) is 7.74. The van der Waals surface area contributed by atoms with Crippen molar-refractivity contribution in [1.29, 1.82) is 0 Å². The van der Waals surface area contributed by atoms with Crippen molar-refractivity contribution in [2.45, 2.75) is 46.0 Å². The predicted octanol–water partition coefficient (Wildman–Crippen LogP) is 5.15. The van der Waals surface area contributed by atoms with Crippen molar-refractivity contribution in [3.8, 4) is 5.75 Å². The van der Waals surface area contributed by atoms with Gasteiger partial charge in [-0.3, -0.25) is 4.79 Å². The lowest BCUT2D eigenvalue weighted by Gasteiger charge is -2.18. The molecule has 0 bridgehead atoms. The Labute approximate surface area is 163 Å². The van der Waals surface area contributed by atoms with Crippen molar-refractivity contribution in [1.82, 2.24) is 5.32 Å². The van der Waals surface area contributed by atoms with Gasteiger partial charge in [0.25, 0.3) is 0 Å².